The maximum Gasteiger partial charge on any atom is 0.136 e. The number of carbonyl (C=O) groups excluding carboxylic acids is 1. The number of aromatic nitrogens is 1. The van der Waals surface area contributed by atoms with E-state index in [1.54, 1.807) is 0 Å². The van der Waals surface area contributed by atoms with E-state index in [0.29, 0.717) is 5.78 Å². The van der Waals surface area contributed by atoms with E-state index in [-0.39, 0.29) is 5.92 Å². The molecule has 0 spiro atoms. The predicted octanol–water partition coefficient (Wildman–Crippen LogP) is 4.04. The molecule has 1 saturated carbocycles. The Morgan fingerprint density at radius 3 is 3.00 bits per heavy atom. The minimum atomic E-state index is 0.221. The third-order valence-corrected chi connectivity index (χ3v) is 4.20. The van der Waals surface area contributed by atoms with E-state index >= 15 is 0 Å². The number of aromatic amines is 1. The molecule has 0 saturated heterocycles. The summed E-state index contributed by atoms with van der Waals surface area (Å²) in [5, 5.41) is 1.95. The van der Waals surface area contributed by atoms with Crippen LogP contribution in [0.2, 0.25) is 5.02 Å². The first-order valence-corrected chi connectivity index (χ1v) is 6.82. The van der Waals surface area contributed by atoms with Crippen LogP contribution in [0.5, 0.6) is 0 Å². The standard InChI is InChI=1S/C15H16ClNO/c1-9-13(7-10-3-2-4-15(10)18)12-6-5-11(16)8-14(12)17-9/h5-6,8,10,17H,2-4,7H2,1H3. The molecule has 1 fully saturated rings. The highest BCUT2D eigenvalue weighted by Crippen LogP contribution is 2.31. The van der Waals surface area contributed by atoms with Crippen LogP contribution < -0.4 is 0 Å². The van der Waals surface area contributed by atoms with Crippen LogP contribution in [0.15, 0.2) is 18.2 Å². The molecular formula is C15H16ClNO. The molecule has 0 aliphatic heterocycles. The number of rotatable bonds is 2. The number of aryl methyl sites for hydroxylation is 1. The smallest absolute Gasteiger partial charge is 0.136 e. The van der Waals surface area contributed by atoms with Crippen LogP contribution in [0.1, 0.15) is 30.5 Å². The highest BCUT2D eigenvalue weighted by molar-refractivity contribution is 6.31. The lowest BCUT2D eigenvalue weighted by molar-refractivity contribution is -0.120. The molecule has 1 atom stereocenters. The first kappa shape index (κ1) is 11.8. The lowest BCUT2D eigenvalue weighted by Gasteiger charge is -2.08. The van der Waals surface area contributed by atoms with Gasteiger partial charge in [0.25, 0.3) is 0 Å². The average molecular weight is 262 g/mol. The molecule has 0 radical (unpaired) electrons. The van der Waals surface area contributed by atoms with Gasteiger partial charge in [-0.3, -0.25) is 4.79 Å². The second-order valence-corrected chi connectivity index (χ2v) is 5.61. The van der Waals surface area contributed by atoms with Crippen molar-refractivity contribution in [3.05, 3.63) is 34.5 Å². The van der Waals surface area contributed by atoms with Crippen LogP contribution in [-0.2, 0) is 11.2 Å². The van der Waals surface area contributed by atoms with Gasteiger partial charge in [-0.25, -0.2) is 0 Å². The molecule has 0 bridgehead atoms. The molecule has 3 heteroatoms. The summed E-state index contributed by atoms with van der Waals surface area (Å²) in [7, 11) is 0. The molecule has 3 rings (SSSR count). The molecular weight excluding hydrogens is 246 g/mol. The summed E-state index contributed by atoms with van der Waals surface area (Å²) < 4.78 is 0. The van der Waals surface area contributed by atoms with Gasteiger partial charge < -0.3 is 4.98 Å². The molecule has 2 nitrogen and oxygen atoms in total. The van der Waals surface area contributed by atoms with E-state index in [1.165, 1.54) is 10.9 Å². The Hall–Kier alpha value is -1.28. The molecule has 1 N–H and O–H groups in total. The Bertz CT molecular complexity index is 614. The Kier molecular flexibility index (Phi) is 2.90. The van der Waals surface area contributed by atoms with Crippen molar-refractivity contribution in [1.82, 2.24) is 4.98 Å². The molecule has 94 valence electrons. The van der Waals surface area contributed by atoms with E-state index < -0.39 is 0 Å². The molecule has 1 aromatic heterocycles. The number of Topliss-reactive ketones (excluding diaryl/α,β-unsaturated/α-hetero) is 1. The SMILES string of the molecule is Cc1[nH]c2cc(Cl)ccc2c1CC1CCCC1=O. The lowest BCUT2D eigenvalue weighted by Crippen LogP contribution is -2.09. The lowest BCUT2D eigenvalue weighted by atomic mass is 9.95. The van der Waals surface area contributed by atoms with Crippen molar-refractivity contribution >= 4 is 28.3 Å². The topological polar surface area (TPSA) is 32.9 Å². The van der Waals surface area contributed by atoms with Gasteiger partial charge in [-0.05, 0) is 43.9 Å². The van der Waals surface area contributed by atoms with Crippen molar-refractivity contribution in [2.75, 3.05) is 0 Å². The van der Waals surface area contributed by atoms with Crippen molar-refractivity contribution in [2.45, 2.75) is 32.6 Å². The van der Waals surface area contributed by atoms with E-state index in [4.69, 9.17) is 11.6 Å². The van der Waals surface area contributed by atoms with E-state index in [0.717, 1.165) is 41.9 Å². The van der Waals surface area contributed by atoms with Gasteiger partial charge in [0.05, 0.1) is 0 Å². The maximum absolute atomic E-state index is 11.8. The van der Waals surface area contributed by atoms with Crippen molar-refractivity contribution in [2.24, 2.45) is 5.92 Å². The van der Waals surface area contributed by atoms with Crippen LogP contribution in [0.4, 0.5) is 0 Å². The Morgan fingerprint density at radius 1 is 1.44 bits per heavy atom. The fraction of sp³-hybridized carbons (Fsp3) is 0.400. The number of hydrogen-bond donors (Lipinski definition) is 1. The number of ketones is 1. The molecule has 0 amide bonds. The summed E-state index contributed by atoms with van der Waals surface area (Å²) in [6.07, 6.45) is 3.72. The minimum absolute atomic E-state index is 0.221. The third kappa shape index (κ3) is 1.95. The van der Waals surface area contributed by atoms with Gasteiger partial charge in [-0.1, -0.05) is 17.7 Å². The number of nitrogens with one attached hydrogen (secondary N) is 1. The molecule has 1 heterocycles. The van der Waals surface area contributed by atoms with Crippen LogP contribution in [0.3, 0.4) is 0 Å². The summed E-state index contributed by atoms with van der Waals surface area (Å²) in [6, 6.07) is 5.91. The largest absolute Gasteiger partial charge is 0.358 e. The molecule has 2 aromatic rings. The van der Waals surface area contributed by atoms with Gasteiger partial charge in [0.15, 0.2) is 0 Å². The van der Waals surface area contributed by atoms with Crippen LogP contribution in [-0.4, -0.2) is 10.8 Å². The van der Waals surface area contributed by atoms with Gasteiger partial charge in [-0.2, -0.15) is 0 Å². The Labute approximate surface area is 111 Å². The van der Waals surface area contributed by atoms with Crippen molar-refractivity contribution in [3.63, 3.8) is 0 Å². The summed E-state index contributed by atoms with van der Waals surface area (Å²) in [5.74, 6) is 0.649. The third-order valence-electron chi connectivity index (χ3n) is 3.96. The fourth-order valence-corrected chi connectivity index (χ4v) is 3.15. The quantitative estimate of drug-likeness (QED) is 0.869. The van der Waals surface area contributed by atoms with E-state index in [1.807, 2.05) is 12.1 Å². The summed E-state index contributed by atoms with van der Waals surface area (Å²) in [6.45, 7) is 2.07. The summed E-state index contributed by atoms with van der Waals surface area (Å²) >= 11 is 6.00. The highest BCUT2D eigenvalue weighted by Gasteiger charge is 2.26. The van der Waals surface area contributed by atoms with E-state index in [9.17, 15) is 4.79 Å². The summed E-state index contributed by atoms with van der Waals surface area (Å²) in [4.78, 5) is 15.1. The molecule has 1 unspecified atom stereocenters. The van der Waals surface area contributed by atoms with Gasteiger partial charge in [-0.15, -0.1) is 0 Å². The minimum Gasteiger partial charge on any atom is -0.358 e. The number of hydrogen-bond acceptors (Lipinski definition) is 1. The van der Waals surface area contributed by atoms with Crippen molar-refractivity contribution in [3.8, 4) is 0 Å². The van der Waals surface area contributed by atoms with Crippen LogP contribution in [0, 0.1) is 12.8 Å². The number of halogens is 1. The number of H-pyrrole nitrogens is 1. The zero-order valence-corrected chi connectivity index (χ0v) is 11.2. The average Bonchev–Trinajstić information content (AvgIpc) is 2.85. The molecule has 18 heavy (non-hydrogen) atoms. The number of fused-ring (bicyclic) bond motifs is 1. The second kappa shape index (κ2) is 4.43. The highest BCUT2D eigenvalue weighted by atomic mass is 35.5. The van der Waals surface area contributed by atoms with Gasteiger partial charge in [0.1, 0.15) is 5.78 Å². The van der Waals surface area contributed by atoms with Crippen LogP contribution >= 0.6 is 11.6 Å². The second-order valence-electron chi connectivity index (χ2n) is 5.18. The molecule has 1 aromatic carbocycles. The van der Waals surface area contributed by atoms with Crippen molar-refractivity contribution in [1.29, 1.82) is 0 Å². The Morgan fingerprint density at radius 2 is 2.28 bits per heavy atom. The van der Waals surface area contributed by atoms with Gasteiger partial charge in [0.2, 0.25) is 0 Å². The molecule has 1 aliphatic carbocycles. The monoisotopic (exact) mass is 261 g/mol. The normalized spacial score (nSPS) is 19.9. The number of carbonyl (C=O) groups is 1. The summed E-state index contributed by atoms with van der Waals surface area (Å²) in [5.41, 5.74) is 3.51. The first-order valence-electron chi connectivity index (χ1n) is 6.44. The van der Waals surface area contributed by atoms with Gasteiger partial charge in [0, 0.05) is 34.0 Å². The van der Waals surface area contributed by atoms with Gasteiger partial charge >= 0.3 is 0 Å². The Balaban J connectivity index is 2.00. The predicted molar refractivity (Wildman–Crippen MR) is 74.1 cm³/mol. The van der Waals surface area contributed by atoms with Crippen LogP contribution in [0.25, 0.3) is 10.9 Å². The fourth-order valence-electron chi connectivity index (χ4n) is 2.98. The molecule has 1 aliphatic rings. The zero-order chi connectivity index (χ0) is 12.7. The van der Waals surface area contributed by atoms with E-state index in [2.05, 4.69) is 18.0 Å². The first-order chi connectivity index (χ1) is 8.65. The zero-order valence-electron chi connectivity index (χ0n) is 10.4. The number of benzene rings is 1. The van der Waals surface area contributed by atoms with Crippen molar-refractivity contribution < 1.29 is 4.79 Å². The maximum atomic E-state index is 11.8.